The monoisotopic (exact) mass is 342 g/mol. The van der Waals surface area contributed by atoms with Gasteiger partial charge >= 0.3 is 0 Å². The van der Waals surface area contributed by atoms with Crippen molar-refractivity contribution in [3.05, 3.63) is 41.4 Å². The smallest absolute Gasteiger partial charge is 0.256 e. The lowest BCUT2D eigenvalue weighted by molar-refractivity contribution is -0.124. The summed E-state index contributed by atoms with van der Waals surface area (Å²) in [5.41, 5.74) is -0.127. The molecule has 1 atom stereocenters. The van der Waals surface area contributed by atoms with Crippen LogP contribution < -0.4 is 10.6 Å². The van der Waals surface area contributed by atoms with E-state index in [1.807, 2.05) is 26.8 Å². The largest absolute Gasteiger partial charge is 0.443 e. The van der Waals surface area contributed by atoms with Crippen LogP contribution in [0.3, 0.4) is 0 Å². The highest BCUT2D eigenvalue weighted by Gasteiger charge is 2.27. The second kappa shape index (κ2) is 6.85. The van der Waals surface area contributed by atoms with Gasteiger partial charge in [0.15, 0.2) is 0 Å². The Morgan fingerprint density at radius 3 is 2.40 bits per heavy atom. The number of carbonyl (C=O) groups excluding carboxylic acids is 2. The first-order chi connectivity index (χ1) is 11.6. The van der Waals surface area contributed by atoms with Crippen molar-refractivity contribution in [1.82, 2.24) is 15.2 Å². The molecule has 2 aromatic rings. The highest BCUT2D eigenvalue weighted by atomic mass is 16.4. The molecule has 0 unspecified atom stereocenters. The zero-order valence-corrected chi connectivity index (χ0v) is 15.0. The maximum atomic E-state index is 12.6. The fourth-order valence-corrected chi connectivity index (χ4v) is 2.37. The average Bonchev–Trinajstić information content (AvgIpc) is 3.11. The molecule has 2 heterocycles. The fraction of sp³-hybridized carbons (Fsp3) is 0.389. The SMILES string of the molecule is Cc1oc(-n2cccc2)c(C#N)c1C(=O)N[C@H](C)C(=O)NC(C)(C)C. The summed E-state index contributed by atoms with van der Waals surface area (Å²) in [6.45, 7) is 8.78. The van der Waals surface area contributed by atoms with E-state index in [-0.39, 0.29) is 22.9 Å². The molecule has 2 aromatic heterocycles. The van der Waals surface area contributed by atoms with E-state index < -0.39 is 17.5 Å². The van der Waals surface area contributed by atoms with Gasteiger partial charge in [0.05, 0.1) is 0 Å². The van der Waals surface area contributed by atoms with E-state index >= 15 is 0 Å². The first-order valence-corrected chi connectivity index (χ1v) is 7.93. The molecular formula is C18H22N4O3. The van der Waals surface area contributed by atoms with Gasteiger partial charge in [0.2, 0.25) is 11.8 Å². The van der Waals surface area contributed by atoms with Crippen molar-refractivity contribution >= 4 is 11.8 Å². The fourth-order valence-electron chi connectivity index (χ4n) is 2.37. The normalized spacial score (nSPS) is 12.3. The molecule has 0 saturated heterocycles. The lowest BCUT2D eigenvalue weighted by Gasteiger charge is -2.23. The van der Waals surface area contributed by atoms with Crippen LogP contribution in [0.5, 0.6) is 0 Å². The molecule has 0 fully saturated rings. The lowest BCUT2D eigenvalue weighted by atomic mass is 10.1. The number of furan rings is 1. The number of rotatable bonds is 4. The number of hydrogen-bond acceptors (Lipinski definition) is 4. The molecule has 0 saturated carbocycles. The number of aromatic nitrogens is 1. The Labute approximate surface area is 146 Å². The van der Waals surface area contributed by atoms with Crippen molar-refractivity contribution < 1.29 is 14.0 Å². The summed E-state index contributed by atoms with van der Waals surface area (Å²) in [6.07, 6.45) is 3.44. The van der Waals surface area contributed by atoms with Gasteiger partial charge < -0.3 is 15.1 Å². The molecule has 2 rings (SSSR count). The van der Waals surface area contributed by atoms with Gasteiger partial charge in [-0.1, -0.05) is 0 Å². The van der Waals surface area contributed by atoms with Crippen LogP contribution in [0, 0.1) is 18.3 Å². The topological polar surface area (TPSA) is 100 Å². The minimum Gasteiger partial charge on any atom is -0.443 e. The summed E-state index contributed by atoms with van der Waals surface area (Å²) in [5.74, 6) is -0.220. The Balaban J connectivity index is 2.26. The summed E-state index contributed by atoms with van der Waals surface area (Å²) in [7, 11) is 0. The van der Waals surface area contributed by atoms with Crippen molar-refractivity contribution in [2.24, 2.45) is 0 Å². The van der Waals surface area contributed by atoms with Gasteiger partial charge in [0, 0.05) is 17.9 Å². The maximum absolute atomic E-state index is 12.6. The molecule has 25 heavy (non-hydrogen) atoms. The molecule has 0 aromatic carbocycles. The molecule has 2 amide bonds. The van der Waals surface area contributed by atoms with Crippen LogP contribution in [-0.4, -0.2) is 28.0 Å². The molecule has 0 aliphatic rings. The minimum atomic E-state index is -0.748. The number of hydrogen-bond donors (Lipinski definition) is 2. The molecular weight excluding hydrogens is 320 g/mol. The van der Waals surface area contributed by atoms with Crippen molar-refractivity contribution in [2.75, 3.05) is 0 Å². The van der Waals surface area contributed by atoms with Gasteiger partial charge in [0.25, 0.3) is 5.91 Å². The van der Waals surface area contributed by atoms with Gasteiger partial charge in [-0.15, -0.1) is 0 Å². The van der Waals surface area contributed by atoms with E-state index in [1.54, 1.807) is 42.9 Å². The van der Waals surface area contributed by atoms with E-state index in [9.17, 15) is 14.9 Å². The summed E-state index contributed by atoms with van der Waals surface area (Å²) in [5, 5.41) is 14.9. The number of aryl methyl sites for hydroxylation is 1. The van der Waals surface area contributed by atoms with Crippen LogP contribution >= 0.6 is 0 Å². The van der Waals surface area contributed by atoms with Crippen LogP contribution in [0.1, 0.15) is 49.4 Å². The van der Waals surface area contributed by atoms with Crippen molar-refractivity contribution in [3.63, 3.8) is 0 Å². The van der Waals surface area contributed by atoms with E-state index in [0.717, 1.165) is 0 Å². The number of nitrogens with one attached hydrogen (secondary N) is 2. The molecule has 2 N–H and O–H groups in total. The molecule has 0 aliphatic heterocycles. The second-order valence-electron chi connectivity index (χ2n) is 6.85. The molecule has 7 nitrogen and oxygen atoms in total. The third-order valence-corrected chi connectivity index (χ3v) is 3.48. The van der Waals surface area contributed by atoms with E-state index in [2.05, 4.69) is 10.6 Å². The summed E-state index contributed by atoms with van der Waals surface area (Å²) in [6, 6.07) is 4.85. The standard InChI is InChI=1S/C18H22N4O3/c1-11(15(23)21-18(3,4)5)20-16(24)14-12(2)25-17(13(14)10-19)22-8-6-7-9-22/h6-9,11H,1-5H3,(H,20,24)(H,21,23)/t11-/m1/s1. The average molecular weight is 342 g/mol. The maximum Gasteiger partial charge on any atom is 0.256 e. The van der Waals surface area contributed by atoms with Crippen LogP contribution in [0.15, 0.2) is 28.9 Å². The van der Waals surface area contributed by atoms with E-state index in [0.29, 0.717) is 5.76 Å². The quantitative estimate of drug-likeness (QED) is 0.890. The number of carbonyl (C=O) groups is 2. The van der Waals surface area contributed by atoms with Gasteiger partial charge in [-0.2, -0.15) is 5.26 Å². The predicted molar refractivity (Wildman–Crippen MR) is 92.3 cm³/mol. The van der Waals surface area contributed by atoms with Crippen molar-refractivity contribution in [3.8, 4) is 12.0 Å². The highest BCUT2D eigenvalue weighted by molar-refractivity contribution is 6.00. The van der Waals surface area contributed by atoms with Crippen LogP contribution in [0.4, 0.5) is 0 Å². The zero-order valence-electron chi connectivity index (χ0n) is 15.0. The molecule has 0 radical (unpaired) electrons. The molecule has 0 spiro atoms. The number of nitrogens with zero attached hydrogens (tertiary/aromatic N) is 2. The first-order valence-electron chi connectivity index (χ1n) is 7.93. The van der Waals surface area contributed by atoms with E-state index in [4.69, 9.17) is 4.42 Å². The van der Waals surface area contributed by atoms with Crippen LogP contribution in [0.25, 0.3) is 5.88 Å². The zero-order chi connectivity index (χ0) is 18.8. The third kappa shape index (κ3) is 4.10. The summed E-state index contributed by atoms with van der Waals surface area (Å²) < 4.78 is 7.23. The Bertz CT molecular complexity index is 820. The van der Waals surface area contributed by atoms with Crippen molar-refractivity contribution in [1.29, 1.82) is 5.26 Å². The Morgan fingerprint density at radius 2 is 1.88 bits per heavy atom. The second-order valence-corrected chi connectivity index (χ2v) is 6.85. The van der Waals surface area contributed by atoms with Gasteiger partial charge in [-0.05, 0) is 46.8 Å². The highest BCUT2D eigenvalue weighted by Crippen LogP contribution is 2.25. The van der Waals surface area contributed by atoms with Crippen molar-refractivity contribution in [2.45, 2.75) is 46.2 Å². The van der Waals surface area contributed by atoms with E-state index in [1.165, 1.54) is 0 Å². The number of amides is 2. The van der Waals surface area contributed by atoms with Gasteiger partial charge in [-0.3, -0.25) is 14.2 Å². The molecule has 0 bridgehead atoms. The van der Waals surface area contributed by atoms with Gasteiger partial charge in [-0.25, -0.2) is 0 Å². The Morgan fingerprint density at radius 1 is 1.28 bits per heavy atom. The number of nitriles is 1. The van der Waals surface area contributed by atoms with Crippen LogP contribution in [-0.2, 0) is 4.79 Å². The first kappa shape index (κ1) is 18.3. The van der Waals surface area contributed by atoms with Crippen LogP contribution in [0.2, 0.25) is 0 Å². The minimum absolute atomic E-state index is 0.134. The summed E-state index contributed by atoms with van der Waals surface area (Å²) >= 11 is 0. The molecule has 7 heteroatoms. The third-order valence-electron chi connectivity index (χ3n) is 3.48. The Kier molecular flexibility index (Phi) is 5.02. The molecule has 0 aliphatic carbocycles. The summed E-state index contributed by atoms with van der Waals surface area (Å²) in [4.78, 5) is 24.7. The van der Waals surface area contributed by atoms with Gasteiger partial charge in [0.1, 0.15) is 29.0 Å². The lowest BCUT2D eigenvalue weighted by Crippen LogP contribution is -2.50. The predicted octanol–water partition coefficient (Wildman–Crippen LogP) is 2.28. The Hall–Kier alpha value is -3.01. The molecule has 132 valence electrons.